The molecule has 4 rings (SSSR count). The first-order valence-electron chi connectivity index (χ1n) is 14.4. The van der Waals surface area contributed by atoms with E-state index in [1.54, 1.807) is 23.7 Å². The molecule has 2 heterocycles. The SMILES string of the molecule is COc1ccc(-c2c(C(C)C)c3cc(C4=CCN(C(=O)OC(C)(C)C)CC4)ccc3n2C(=O)OC(C)(C)C)cc1OC. The maximum absolute atomic E-state index is 13.8. The molecule has 0 N–H and O–H groups in total. The number of fused-ring (bicyclic) bond motifs is 1. The highest BCUT2D eigenvalue weighted by Gasteiger charge is 2.29. The van der Waals surface area contributed by atoms with E-state index in [4.69, 9.17) is 18.9 Å². The first-order chi connectivity index (χ1) is 19.6. The van der Waals surface area contributed by atoms with Crippen LogP contribution in [0.5, 0.6) is 11.5 Å². The minimum absolute atomic E-state index is 0.0949. The number of benzene rings is 2. The number of hydrogen-bond donors (Lipinski definition) is 0. The van der Waals surface area contributed by atoms with Crippen molar-refractivity contribution in [3.8, 4) is 22.8 Å². The quantitative estimate of drug-likeness (QED) is 0.304. The van der Waals surface area contributed by atoms with Gasteiger partial charge in [-0.25, -0.2) is 14.2 Å². The molecular weight excluding hydrogens is 532 g/mol. The molecule has 0 bridgehead atoms. The standard InChI is InChI=1S/C34H44N2O6/c1-21(2)29-25-19-23(22-15-17-35(18-16-22)31(37)41-33(3,4)5)11-13-26(25)36(32(38)42-34(6,7)8)30(29)24-12-14-27(39-9)28(20-24)40-10/h11-15,19-21H,16-18H2,1-10H3. The van der Waals surface area contributed by atoms with Gasteiger partial charge in [-0.05, 0) is 101 Å². The van der Waals surface area contributed by atoms with Crippen molar-refractivity contribution in [2.75, 3.05) is 27.3 Å². The van der Waals surface area contributed by atoms with Crippen LogP contribution < -0.4 is 9.47 Å². The van der Waals surface area contributed by atoms with Crippen molar-refractivity contribution >= 4 is 28.7 Å². The lowest BCUT2D eigenvalue weighted by Crippen LogP contribution is -2.39. The van der Waals surface area contributed by atoms with Gasteiger partial charge in [-0.15, -0.1) is 0 Å². The van der Waals surface area contributed by atoms with Crippen LogP contribution in [0.25, 0.3) is 27.7 Å². The van der Waals surface area contributed by atoms with Gasteiger partial charge in [0.15, 0.2) is 11.5 Å². The Morgan fingerprint density at radius 3 is 1.98 bits per heavy atom. The zero-order valence-electron chi connectivity index (χ0n) is 26.6. The normalized spacial score (nSPS) is 14.2. The summed E-state index contributed by atoms with van der Waals surface area (Å²) in [6.45, 7) is 16.5. The van der Waals surface area contributed by atoms with Crippen LogP contribution in [0.2, 0.25) is 0 Å². The summed E-state index contributed by atoms with van der Waals surface area (Å²) in [5, 5.41) is 0.980. The number of rotatable bonds is 5. The first-order valence-corrected chi connectivity index (χ1v) is 14.4. The van der Waals surface area contributed by atoms with Crippen molar-refractivity contribution in [1.82, 2.24) is 9.47 Å². The number of nitrogens with zero attached hydrogens (tertiary/aromatic N) is 2. The largest absolute Gasteiger partial charge is 0.493 e. The first kappa shape index (κ1) is 31.0. The number of hydrogen-bond acceptors (Lipinski definition) is 6. The lowest BCUT2D eigenvalue weighted by Gasteiger charge is -2.29. The third-order valence-electron chi connectivity index (χ3n) is 7.05. The average molecular weight is 577 g/mol. The highest BCUT2D eigenvalue weighted by molar-refractivity contribution is 6.01. The Morgan fingerprint density at radius 1 is 0.810 bits per heavy atom. The molecule has 0 fully saturated rings. The monoisotopic (exact) mass is 576 g/mol. The Hall–Kier alpha value is -3.94. The summed E-state index contributed by atoms with van der Waals surface area (Å²) in [6, 6.07) is 11.9. The van der Waals surface area contributed by atoms with E-state index < -0.39 is 17.3 Å². The molecule has 1 aliphatic heterocycles. The maximum Gasteiger partial charge on any atom is 0.419 e. The van der Waals surface area contributed by atoms with Crippen molar-refractivity contribution < 1.29 is 28.5 Å². The van der Waals surface area contributed by atoms with Gasteiger partial charge in [0.25, 0.3) is 0 Å². The fourth-order valence-electron chi connectivity index (χ4n) is 5.29. The number of ether oxygens (including phenoxy) is 4. The van der Waals surface area contributed by atoms with Gasteiger partial charge in [0.05, 0.1) is 25.4 Å². The highest BCUT2D eigenvalue weighted by Crippen LogP contribution is 2.42. The lowest BCUT2D eigenvalue weighted by atomic mass is 9.93. The Bertz CT molecular complexity index is 1520. The van der Waals surface area contributed by atoms with Crippen molar-refractivity contribution in [2.45, 2.75) is 78.9 Å². The summed E-state index contributed by atoms with van der Waals surface area (Å²) in [7, 11) is 3.20. The van der Waals surface area contributed by atoms with E-state index in [9.17, 15) is 9.59 Å². The van der Waals surface area contributed by atoms with Crippen molar-refractivity contribution in [3.63, 3.8) is 0 Å². The number of carbonyl (C=O) groups excluding carboxylic acids is 2. The topological polar surface area (TPSA) is 79.2 Å². The van der Waals surface area contributed by atoms with Crippen LogP contribution in [0, 0.1) is 0 Å². The van der Waals surface area contributed by atoms with Crippen LogP contribution in [-0.4, -0.2) is 60.2 Å². The Kier molecular flexibility index (Phi) is 8.67. The van der Waals surface area contributed by atoms with E-state index in [0.717, 1.165) is 38.9 Å². The van der Waals surface area contributed by atoms with Gasteiger partial charge in [-0.2, -0.15) is 0 Å². The van der Waals surface area contributed by atoms with Gasteiger partial charge < -0.3 is 23.8 Å². The molecule has 0 unspecified atom stereocenters. The van der Waals surface area contributed by atoms with Crippen LogP contribution in [0.1, 0.15) is 78.9 Å². The second kappa shape index (κ2) is 11.7. The number of methoxy groups -OCH3 is 2. The van der Waals surface area contributed by atoms with Crippen molar-refractivity contribution in [2.24, 2.45) is 0 Å². The molecule has 0 saturated carbocycles. The molecule has 1 amide bonds. The molecule has 42 heavy (non-hydrogen) atoms. The highest BCUT2D eigenvalue weighted by atomic mass is 16.6. The molecule has 3 aromatic rings. The van der Waals surface area contributed by atoms with Crippen LogP contribution in [0.3, 0.4) is 0 Å². The molecule has 1 aliphatic rings. The maximum atomic E-state index is 13.8. The molecule has 0 saturated heterocycles. The third-order valence-corrected chi connectivity index (χ3v) is 7.05. The summed E-state index contributed by atoms with van der Waals surface area (Å²) in [4.78, 5) is 28.1. The number of amides is 1. The van der Waals surface area contributed by atoms with Crippen LogP contribution in [0.15, 0.2) is 42.5 Å². The fourth-order valence-corrected chi connectivity index (χ4v) is 5.29. The molecule has 0 atom stereocenters. The molecule has 0 spiro atoms. The van der Waals surface area contributed by atoms with Crippen molar-refractivity contribution in [3.05, 3.63) is 53.6 Å². The second-order valence-corrected chi connectivity index (χ2v) is 12.9. The van der Waals surface area contributed by atoms with Gasteiger partial charge in [-0.1, -0.05) is 26.0 Å². The van der Waals surface area contributed by atoms with E-state index in [-0.39, 0.29) is 12.0 Å². The zero-order valence-corrected chi connectivity index (χ0v) is 26.6. The molecule has 8 heteroatoms. The zero-order chi connectivity index (χ0) is 31.0. The predicted octanol–water partition coefficient (Wildman–Crippen LogP) is 8.26. The summed E-state index contributed by atoms with van der Waals surface area (Å²) in [5.74, 6) is 1.28. The third kappa shape index (κ3) is 6.58. The summed E-state index contributed by atoms with van der Waals surface area (Å²) < 4.78 is 24.2. The van der Waals surface area contributed by atoms with E-state index in [1.807, 2.05) is 71.9 Å². The van der Waals surface area contributed by atoms with E-state index in [1.165, 1.54) is 0 Å². The van der Waals surface area contributed by atoms with E-state index in [2.05, 4.69) is 26.0 Å². The van der Waals surface area contributed by atoms with Crippen LogP contribution in [-0.2, 0) is 9.47 Å². The van der Waals surface area contributed by atoms with E-state index in [0.29, 0.717) is 31.0 Å². The van der Waals surface area contributed by atoms with Gasteiger partial charge in [0.1, 0.15) is 11.2 Å². The minimum Gasteiger partial charge on any atom is -0.493 e. The van der Waals surface area contributed by atoms with E-state index >= 15 is 0 Å². The predicted molar refractivity (Wildman–Crippen MR) is 167 cm³/mol. The number of aromatic nitrogens is 1. The molecule has 2 aromatic carbocycles. The Morgan fingerprint density at radius 2 is 1.43 bits per heavy atom. The van der Waals surface area contributed by atoms with Gasteiger partial charge in [0.2, 0.25) is 0 Å². The van der Waals surface area contributed by atoms with Crippen LogP contribution in [0.4, 0.5) is 9.59 Å². The minimum atomic E-state index is -0.673. The molecular formula is C34H44N2O6. The number of carbonyl (C=O) groups is 2. The fraction of sp³-hybridized carbons (Fsp3) is 0.471. The lowest BCUT2D eigenvalue weighted by molar-refractivity contribution is 0.0270. The molecule has 0 radical (unpaired) electrons. The summed E-state index contributed by atoms with van der Waals surface area (Å²) in [5.41, 5.74) is 4.41. The Balaban J connectivity index is 1.86. The Labute approximate surface area is 249 Å². The van der Waals surface area contributed by atoms with Gasteiger partial charge in [0, 0.05) is 24.0 Å². The molecule has 226 valence electrons. The summed E-state index contributed by atoms with van der Waals surface area (Å²) >= 11 is 0. The van der Waals surface area contributed by atoms with Crippen LogP contribution >= 0.6 is 0 Å². The molecule has 0 aliphatic carbocycles. The molecule has 1 aromatic heterocycles. The second-order valence-electron chi connectivity index (χ2n) is 12.9. The van der Waals surface area contributed by atoms with Gasteiger partial charge >= 0.3 is 12.2 Å². The smallest absolute Gasteiger partial charge is 0.419 e. The molecule has 8 nitrogen and oxygen atoms in total. The average Bonchev–Trinajstić information content (AvgIpc) is 3.26. The van der Waals surface area contributed by atoms with Gasteiger partial charge in [-0.3, -0.25) is 0 Å². The summed E-state index contributed by atoms with van der Waals surface area (Å²) in [6.07, 6.45) is 2.05. The van der Waals surface area contributed by atoms with Crippen molar-refractivity contribution in [1.29, 1.82) is 0 Å².